The fraction of sp³-hybridized carbons (Fsp3) is 0.419. The Labute approximate surface area is 228 Å². The van der Waals surface area contributed by atoms with Crippen LogP contribution < -0.4 is 16.0 Å². The van der Waals surface area contributed by atoms with Gasteiger partial charge in [-0.1, -0.05) is 62.4 Å². The first-order valence-corrected chi connectivity index (χ1v) is 14.3. The highest BCUT2D eigenvalue weighted by molar-refractivity contribution is 6.07. The van der Waals surface area contributed by atoms with Gasteiger partial charge in [0.15, 0.2) is 0 Å². The Hall–Kier alpha value is -3.78. The van der Waals surface area contributed by atoms with E-state index in [9.17, 15) is 9.59 Å². The highest BCUT2D eigenvalue weighted by Gasteiger charge is 2.29. The number of para-hydroxylation sites is 1. The molecular formula is C31H36N6O2. The molecule has 2 atom stereocenters. The van der Waals surface area contributed by atoms with Gasteiger partial charge in [-0.2, -0.15) is 0 Å². The monoisotopic (exact) mass is 524 g/mol. The van der Waals surface area contributed by atoms with Crippen molar-refractivity contribution in [1.29, 1.82) is 0 Å². The highest BCUT2D eigenvalue weighted by Crippen LogP contribution is 2.31. The lowest BCUT2D eigenvalue weighted by Gasteiger charge is -2.35. The highest BCUT2D eigenvalue weighted by atomic mass is 16.2. The van der Waals surface area contributed by atoms with Crippen LogP contribution in [0.15, 0.2) is 54.7 Å². The second-order valence-corrected chi connectivity index (χ2v) is 11.1. The number of amides is 2. The summed E-state index contributed by atoms with van der Waals surface area (Å²) in [6.07, 6.45) is 11.4. The lowest BCUT2D eigenvalue weighted by Crippen LogP contribution is -2.47. The number of anilines is 1. The zero-order valence-electron chi connectivity index (χ0n) is 22.2. The van der Waals surface area contributed by atoms with Crippen molar-refractivity contribution in [1.82, 2.24) is 25.6 Å². The van der Waals surface area contributed by atoms with Crippen molar-refractivity contribution in [2.75, 3.05) is 18.4 Å². The second kappa shape index (κ2) is 11.5. The first kappa shape index (κ1) is 25.5. The number of carbonyl (C=O) groups is 2. The number of carbonyl (C=O) groups excluding carboxylic acids is 2. The van der Waals surface area contributed by atoms with E-state index in [-0.39, 0.29) is 17.9 Å². The van der Waals surface area contributed by atoms with Crippen LogP contribution in [0.5, 0.6) is 0 Å². The number of nitrogens with zero attached hydrogens (tertiary/aromatic N) is 2. The van der Waals surface area contributed by atoms with E-state index in [0.717, 1.165) is 43.1 Å². The average Bonchev–Trinajstić information content (AvgIpc) is 3.40. The summed E-state index contributed by atoms with van der Waals surface area (Å²) in [6.45, 7) is 2.00. The van der Waals surface area contributed by atoms with Crippen LogP contribution >= 0.6 is 0 Å². The number of aromatic nitrogens is 3. The molecule has 2 aromatic carbocycles. The lowest BCUT2D eigenvalue weighted by molar-refractivity contribution is 0.0901. The molecule has 2 amide bonds. The summed E-state index contributed by atoms with van der Waals surface area (Å²) in [5, 5.41) is 11.7. The molecule has 0 radical (unpaired) electrons. The average molecular weight is 525 g/mol. The smallest absolute Gasteiger partial charge is 0.276 e. The van der Waals surface area contributed by atoms with Crippen molar-refractivity contribution in [3.63, 3.8) is 0 Å². The molecule has 2 unspecified atom stereocenters. The number of fused-ring (bicyclic) bond motifs is 2. The number of imidazole rings is 1. The molecule has 2 fully saturated rings. The molecular weight excluding hydrogens is 488 g/mol. The van der Waals surface area contributed by atoms with Crippen LogP contribution in [0.4, 0.5) is 5.95 Å². The Balaban J connectivity index is 1.20. The molecule has 1 saturated heterocycles. The fourth-order valence-electron chi connectivity index (χ4n) is 6.27. The van der Waals surface area contributed by atoms with Gasteiger partial charge in [-0.15, -0.1) is 0 Å². The maximum Gasteiger partial charge on any atom is 0.276 e. The Morgan fingerprint density at radius 3 is 2.62 bits per heavy atom. The van der Waals surface area contributed by atoms with Crippen LogP contribution in [0, 0.1) is 11.8 Å². The van der Waals surface area contributed by atoms with Gasteiger partial charge < -0.3 is 15.6 Å². The van der Waals surface area contributed by atoms with E-state index in [1.54, 1.807) is 12.3 Å². The van der Waals surface area contributed by atoms with Crippen molar-refractivity contribution in [3.8, 4) is 0 Å². The van der Waals surface area contributed by atoms with Gasteiger partial charge in [0.05, 0.1) is 11.1 Å². The molecule has 2 aromatic heterocycles. The number of aromatic amines is 1. The summed E-state index contributed by atoms with van der Waals surface area (Å²) in [6, 6.07) is 15.2. The second-order valence-electron chi connectivity index (χ2n) is 11.1. The van der Waals surface area contributed by atoms with E-state index in [0.29, 0.717) is 40.1 Å². The van der Waals surface area contributed by atoms with Crippen LogP contribution in [-0.4, -0.2) is 45.9 Å². The molecule has 4 N–H and O–H groups in total. The van der Waals surface area contributed by atoms with Crippen LogP contribution in [0.25, 0.3) is 21.8 Å². The van der Waals surface area contributed by atoms with Gasteiger partial charge in [-0.3, -0.25) is 19.9 Å². The predicted molar refractivity (Wildman–Crippen MR) is 154 cm³/mol. The minimum atomic E-state index is -0.358. The Kier molecular flexibility index (Phi) is 7.54. The third-order valence-corrected chi connectivity index (χ3v) is 8.39. The third-order valence-electron chi connectivity index (χ3n) is 8.39. The largest absolute Gasteiger partial charge is 0.349 e. The predicted octanol–water partition coefficient (Wildman–Crippen LogP) is 5.43. The van der Waals surface area contributed by atoms with Gasteiger partial charge in [0.1, 0.15) is 11.2 Å². The standard InChI is InChI=1S/C31H36N6O2/c38-29(34-26(23-12-7-15-32-18-23)16-20-8-2-1-3-9-20)24-13-6-14-25-28(24)36-31(35-25)37-30(39)27-17-21-10-4-5-11-22(21)19-33-27/h4-6,10-11,13-14,17,19-20,23,26,32H,1-3,7-9,12,15-16,18H2,(H,34,38)(H2,35,36,37,39). The van der Waals surface area contributed by atoms with Crippen molar-refractivity contribution in [2.45, 2.75) is 57.4 Å². The Bertz CT molecular complexity index is 1470. The maximum atomic E-state index is 13.6. The summed E-state index contributed by atoms with van der Waals surface area (Å²) in [7, 11) is 0. The first-order valence-electron chi connectivity index (χ1n) is 14.3. The maximum absolute atomic E-state index is 13.6. The molecule has 39 heavy (non-hydrogen) atoms. The SMILES string of the molecule is O=C(Nc1nc2c(C(=O)NC(CC3CCCCC3)C3CCCNC3)cccc2[nH]1)c1cc2ccccc2cn1. The Morgan fingerprint density at radius 1 is 0.949 bits per heavy atom. The van der Waals surface area contributed by atoms with Crippen molar-refractivity contribution >= 4 is 39.6 Å². The molecule has 1 aliphatic heterocycles. The summed E-state index contributed by atoms with van der Waals surface area (Å²) >= 11 is 0. The minimum Gasteiger partial charge on any atom is -0.349 e. The summed E-state index contributed by atoms with van der Waals surface area (Å²) < 4.78 is 0. The fourth-order valence-corrected chi connectivity index (χ4v) is 6.27. The number of benzene rings is 2. The number of hydrogen-bond donors (Lipinski definition) is 4. The number of hydrogen-bond acceptors (Lipinski definition) is 5. The van der Waals surface area contributed by atoms with E-state index in [2.05, 4.69) is 30.9 Å². The van der Waals surface area contributed by atoms with Gasteiger partial charge in [0.25, 0.3) is 11.8 Å². The van der Waals surface area contributed by atoms with E-state index in [1.165, 1.54) is 32.1 Å². The van der Waals surface area contributed by atoms with Gasteiger partial charge >= 0.3 is 0 Å². The summed E-state index contributed by atoms with van der Waals surface area (Å²) in [5.41, 5.74) is 2.08. The number of H-pyrrole nitrogens is 1. The normalized spacial score (nSPS) is 19.1. The van der Waals surface area contributed by atoms with Crippen molar-refractivity contribution in [2.24, 2.45) is 11.8 Å². The van der Waals surface area contributed by atoms with Crippen LogP contribution in [-0.2, 0) is 0 Å². The summed E-state index contributed by atoms with van der Waals surface area (Å²) in [5.74, 6) is 0.946. The van der Waals surface area contributed by atoms with Gasteiger partial charge in [-0.05, 0) is 67.8 Å². The number of pyridine rings is 1. The lowest BCUT2D eigenvalue weighted by atomic mass is 9.80. The Morgan fingerprint density at radius 2 is 1.79 bits per heavy atom. The molecule has 8 nitrogen and oxygen atoms in total. The van der Waals surface area contributed by atoms with Gasteiger partial charge in [0.2, 0.25) is 5.95 Å². The molecule has 4 aromatic rings. The molecule has 8 heteroatoms. The molecule has 3 heterocycles. The van der Waals surface area contributed by atoms with E-state index >= 15 is 0 Å². The molecule has 6 rings (SSSR count). The number of nitrogens with one attached hydrogen (secondary N) is 4. The van der Waals surface area contributed by atoms with Crippen LogP contribution in [0.3, 0.4) is 0 Å². The quantitative estimate of drug-likeness (QED) is 0.258. The van der Waals surface area contributed by atoms with Gasteiger partial charge in [0, 0.05) is 17.6 Å². The van der Waals surface area contributed by atoms with E-state index < -0.39 is 0 Å². The van der Waals surface area contributed by atoms with E-state index in [1.807, 2.05) is 42.5 Å². The van der Waals surface area contributed by atoms with Crippen molar-refractivity contribution in [3.05, 3.63) is 66.0 Å². The van der Waals surface area contributed by atoms with Crippen molar-refractivity contribution < 1.29 is 9.59 Å². The van der Waals surface area contributed by atoms with Gasteiger partial charge in [-0.25, -0.2) is 4.98 Å². The molecule has 1 aliphatic carbocycles. The van der Waals surface area contributed by atoms with E-state index in [4.69, 9.17) is 0 Å². The number of piperidine rings is 1. The molecule has 0 bridgehead atoms. The molecule has 202 valence electrons. The molecule has 0 spiro atoms. The zero-order chi connectivity index (χ0) is 26.6. The first-order chi connectivity index (χ1) is 19.1. The third kappa shape index (κ3) is 5.81. The minimum absolute atomic E-state index is 0.104. The molecule has 2 aliphatic rings. The zero-order valence-corrected chi connectivity index (χ0v) is 22.2. The topological polar surface area (TPSA) is 112 Å². The molecule has 1 saturated carbocycles. The number of rotatable bonds is 7. The summed E-state index contributed by atoms with van der Waals surface area (Å²) in [4.78, 5) is 38.7. The van der Waals surface area contributed by atoms with Crippen LogP contribution in [0.1, 0.15) is 72.2 Å². The van der Waals surface area contributed by atoms with Crippen LogP contribution in [0.2, 0.25) is 0 Å².